The van der Waals surface area contributed by atoms with Crippen molar-refractivity contribution in [3.8, 4) is 0 Å². The molecule has 1 aromatic carbocycles. The van der Waals surface area contributed by atoms with Crippen LogP contribution in [0.4, 0.5) is 0 Å². The number of imide groups is 1. The maximum atomic E-state index is 13.2. The smallest absolute Gasteiger partial charge is 0.277 e. The Morgan fingerprint density at radius 3 is 2.43 bits per heavy atom. The number of ether oxygens (including phenoxy) is 1. The minimum absolute atomic E-state index is 0.121. The summed E-state index contributed by atoms with van der Waals surface area (Å²) in [5.74, 6) is -0.531. The lowest BCUT2D eigenvalue weighted by Gasteiger charge is -2.29. The molecule has 1 aromatic rings. The van der Waals surface area contributed by atoms with Crippen LogP contribution in [0.2, 0.25) is 10.0 Å². The highest BCUT2D eigenvalue weighted by molar-refractivity contribution is 6.41. The Kier molecular flexibility index (Phi) is 7.02. The van der Waals surface area contributed by atoms with E-state index in [1.54, 1.807) is 18.2 Å². The normalized spacial score (nSPS) is 18.0. The summed E-state index contributed by atoms with van der Waals surface area (Å²) in [6, 6.07) is 5.02. The highest BCUT2D eigenvalue weighted by atomic mass is 35.5. The van der Waals surface area contributed by atoms with Crippen LogP contribution in [0.15, 0.2) is 23.9 Å². The summed E-state index contributed by atoms with van der Waals surface area (Å²) in [5.41, 5.74) is 1.42. The van der Waals surface area contributed by atoms with Gasteiger partial charge >= 0.3 is 0 Å². The quantitative estimate of drug-likeness (QED) is 0.481. The van der Waals surface area contributed by atoms with Crippen LogP contribution in [0.25, 0.3) is 5.57 Å². The van der Waals surface area contributed by atoms with Crippen LogP contribution in [-0.2, 0) is 14.3 Å². The summed E-state index contributed by atoms with van der Waals surface area (Å²) in [6.45, 7) is 6.30. The van der Waals surface area contributed by atoms with Crippen LogP contribution in [0.3, 0.4) is 0 Å². The van der Waals surface area contributed by atoms with Crippen LogP contribution < -0.4 is 0 Å². The number of carbonyl (C=O) groups excluding carboxylic acids is 2. The van der Waals surface area contributed by atoms with Crippen LogP contribution in [0.5, 0.6) is 0 Å². The highest BCUT2D eigenvalue weighted by Crippen LogP contribution is 2.37. The van der Waals surface area contributed by atoms with Gasteiger partial charge in [0.05, 0.1) is 16.7 Å². The van der Waals surface area contributed by atoms with Crippen molar-refractivity contribution in [2.75, 3.05) is 26.2 Å². The third-order valence-electron chi connectivity index (χ3n) is 4.99. The molecular formula is C21H26Cl2N2O3. The molecular weight excluding hydrogens is 399 g/mol. The molecule has 0 unspecified atom stereocenters. The van der Waals surface area contributed by atoms with E-state index in [9.17, 15) is 9.59 Å². The molecule has 0 bridgehead atoms. The molecule has 0 aromatic heterocycles. The second-order valence-corrected chi connectivity index (χ2v) is 8.27. The van der Waals surface area contributed by atoms with E-state index in [2.05, 4.69) is 0 Å². The molecule has 1 fully saturated rings. The van der Waals surface area contributed by atoms with Crippen molar-refractivity contribution in [2.24, 2.45) is 0 Å². The van der Waals surface area contributed by atoms with E-state index >= 15 is 0 Å². The van der Waals surface area contributed by atoms with Crippen molar-refractivity contribution in [1.29, 1.82) is 0 Å². The van der Waals surface area contributed by atoms with Gasteiger partial charge in [0, 0.05) is 36.8 Å². The van der Waals surface area contributed by atoms with E-state index in [0.29, 0.717) is 46.5 Å². The summed E-state index contributed by atoms with van der Waals surface area (Å²) < 4.78 is 5.55. The number of piperidine rings is 1. The van der Waals surface area contributed by atoms with Crippen molar-refractivity contribution < 1.29 is 14.3 Å². The van der Waals surface area contributed by atoms with Gasteiger partial charge in [-0.2, -0.15) is 0 Å². The molecule has 2 amide bonds. The molecule has 28 heavy (non-hydrogen) atoms. The Labute approximate surface area is 176 Å². The minimum atomic E-state index is -0.292. The Balaban J connectivity index is 1.91. The molecule has 5 nitrogen and oxygen atoms in total. The van der Waals surface area contributed by atoms with Crippen molar-refractivity contribution in [2.45, 2.75) is 45.6 Å². The van der Waals surface area contributed by atoms with E-state index in [4.69, 9.17) is 27.9 Å². The van der Waals surface area contributed by atoms with Crippen LogP contribution in [0, 0.1) is 0 Å². The maximum Gasteiger partial charge on any atom is 0.277 e. The summed E-state index contributed by atoms with van der Waals surface area (Å²) in [4.78, 5) is 29.8. The van der Waals surface area contributed by atoms with Crippen molar-refractivity contribution >= 4 is 40.6 Å². The highest BCUT2D eigenvalue weighted by Gasteiger charge is 2.42. The van der Waals surface area contributed by atoms with Crippen molar-refractivity contribution in [3.05, 3.63) is 39.5 Å². The molecule has 0 saturated carbocycles. The molecule has 152 valence electrons. The average Bonchev–Trinajstić information content (AvgIpc) is 2.90. The maximum absolute atomic E-state index is 13.2. The number of rotatable bonds is 7. The Bertz CT molecular complexity index is 786. The standard InChI is InChI=1S/C21H26Cl2N2O3/c1-14(2)28-12-6-11-25-20(26)18(16-8-7-15(22)13-17(16)23)19(21(25)27)24-9-4-3-5-10-24/h7-8,13-14H,3-6,9-12H2,1-2H3. The molecule has 3 rings (SSSR count). The second-order valence-electron chi connectivity index (χ2n) is 7.43. The van der Waals surface area contributed by atoms with Gasteiger partial charge in [-0.1, -0.05) is 29.3 Å². The number of benzene rings is 1. The number of likely N-dealkylation sites (tertiary alicyclic amines) is 1. The minimum Gasteiger partial charge on any atom is -0.379 e. The molecule has 2 aliphatic rings. The van der Waals surface area contributed by atoms with E-state index in [-0.39, 0.29) is 17.9 Å². The van der Waals surface area contributed by atoms with Crippen molar-refractivity contribution in [3.63, 3.8) is 0 Å². The van der Waals surface area contributed by atoms with Gasteiger partial charge in [-0.15, -0.1) is 0 Å². The first-order valence-electron chi connectivity index (χ1n) is 9.82. The van der Waals surface area contributed by atoms with Crippen LogP contribution in [0.1, 0.15) is 45.1 Å². The number of nitrogens with zero attached hydrogens (tertiary/aromatic N) is 2. The molecule has 2 heterocycles. The number of hydrogen-bond donors (Lipinski definition) is 0. The zero-order valence-electron chi connectivity index (χ0n) is 16.3. The van der Waals surface area contributed by atoms with Crippen LogP contribution in [-0.4, -0.2) is 54.0 Å². The lowest BCUT2D eigenvalue weighted by Crippen LogP contribution is -2.38. The number of halogens is 2. The van der Waals surface area contributed by atoms with E-state index in [1.165, 1.54) is 4.90 Å². The number of carbonyl (C=O) groups is 2. The van der Waals surface area contributed by atoms with Gasteiger partial charge in [0.1, 0.15) is 5.70 Å². The molecule has 0 atom stereocenters. The zero-order valence-corrected chi connectivity index (χ0v) is 17.9. The third kappa shape index (κ3) is 4.53. The average molecular weight is 425 g/mol. The van der Waals surface area contributed by atoms with Gasteiger partial charge in [0.2, 0.25) is 0 Å². The van der Waals surface area contributed by atoms with Gasteiger partial charge in [-0.25, -0.2) is 0 Å². The van der Waals surface area contributed by atoms with Gasteiger partial charge in [-0.05, 0) is 51.7 Å². The van der Waals surface area contributed by atoms with Gasteiger partial charge in [0.15, 0.2) is 0 Å². The predicted molar refractivity (Wildman–Crippen MR) is 111 cm³/mol. The first-order chi connectivity index (χ1) is 13.4. The van der Waals surface area contributed by atoms with Gasteiger partial charge < -0.3 is 9.64 Å². The topological polar surface area (TPSA) is 49.9 Å². The molecule has 1 saturated heterocycles. The monoisotopic (exact) mass is 424 g/mol. The largest absolute Gasteiger partial charge is 0.379 e. The first kappa shape index (κ1) is 21.2. The summed E-state index contributed by atoms with van der Waals surface area (Å²) in [7, 11) is 0. The molecule has 7 heteroatoms. The van der Waals surface area contributed by atoms with Crippen molar-refractivity contribution in [1.82, 2.24) is 9.80 Å². The predicted octanol–water partition coefficient (Wildman–Crippen LogP) is 4.37. The fourth-order valence-corrected chi connectivity index (χ4v) is 4.16. The molecule has 0 spiro atoms. The summed E-state index contributed by atoms with van der Waals surface area (Å²) in [5, 5.41) is 0.872. The first-order valence-corrected chi connectivity index (χ1v) is 10.6. The second kappa shape index (κ2) is 9.29. The lowest BCUT2D eigenvalue weighted by molar-refractivity contribution is -0.137. The third-order valence-corrected chi connectivity index (χ3v) is 5.54. The van der Waals surface area contributed by atoms with Gasteiger partial charge in [0.25, 0.3) is 11.8 Å². The Morgan fingerprint density at radius 1 is 1.07 bits per heavy atom. The fraction of sp³-hybridized carbons (Fsp3) is 0.524. The lowest BCUT2D eigenvalue weighted by atomic mass is 10.0. The van der Waals surface area contributed by atoms with Gasteiger partial charge in [-0.3, -0.25) is 14.5 Å². The molecule has 2 aliphatic heterocycles. The SMILES string of the molecule is CC(C)OCCCN1C(=O)C(c2ccc(Cl)cc2Cl)=C(N2CCCCC2)C1=O. The number of hydrogen-bond acceptors (Lipinski definition) is 4. The summed E-state index contributed by atoms with van der Waals surface area (Å²) in [6.07, 6.45) is 3.88. The van der Waals surface area contributed by atoms with E-state index in [1.807, 2.05) is 18.7 Å². The molecule has 0 N–H and O–H groups in total. The van der Waals surface area contributed by atoms with E-state index in [0.717, 1.165) is 32.4 Å². The molecule has 0 radical (unpaired) electrons. The van der Waals surface area contributed by atoms with E-state index < -0.39 is 0 Å². The fourth-order valence-electron chi connectivity index (χ4n) is 3.65. The van der Waals surface area contributed by atoms with Crippen LogP contribution >= 0.6 is 23.2 Å². The Morgan fingerprint density at radius 2 is 1.79 bits per heavy atom. The Hall–Kier alpha value is -1.56. The number of amides is 2. The summed E-state index contributed by atoms with van der Waals surface area (Å²) >= 11 is 12.4. The molecule has 0 aliphatic carbocycles. The zero-order chi connectivity index (χ0) is 20.3.